The number of carbonyl (C=O) groups is 1. The van der Waals surface area contributed by atoms with Crippen LogP contribution in [-0.4, -0.2) is 57.6 Å². The van der Waals surface area contributed by atoms with Crippen molar-refractivity contribution in [1.29, 1.82) is 0 Å². The summed E-state index contributed by atoms with van der Waals surface area (Å²) in [5, 5.41) is 0. The van der Waals surface area contributed by atoms with Crippen LogP contribution in [0.4, 0.5) is 4.79 Å². The molecule has 6 nitrogen and oxygen atoms in total. The number of likely N-dealkylation sites (tertiary alicyclic amines) is 1. The van der Waals surface area contributed by atoms with E-state index in [2.05, 4.69) is 38.7 Å². The van der Waals surface area contributed by atoms with E-state index in [0.29, 0.717) is 12.5 Å². The lowest BCUT2D eigenvalue weighted by Gasteiger charge is -2.43. The molecule has 2 heterocycles. The number of carbonyl (C=O) groups excluding carboxylic acids is 1. The van der Waals surface area contributed by atoms with E-state index in [1.165, 1.54) is 11.1 Å². The third-order valence-corrected chi connectivity index (χ3v) is 9.87. The maximum absolute atomic E-state index is 12.6. The highest BCUT2D eigenvalue weighted by Crippen LogP contribution is 2.40. The van der Waals surface area contributed by atoms with Crippen molar-refractivity contribution in [2.45, 2.75) is 76.9 Å². The minimum absolute atomic E-state index is 0.0682. The Labute approximate surface area is 202 Å². The third-order valence-electron chi connectivity index (χ3n) is 7.49. The van der Waals surface area contributed by atoms with Gasteiger partial charge >= 0.3 is 6.09 Å². The highest BCUT2D eigenvalue weighted by molar-refractivity contribution is 8.43. The summed E-state index contributed by atoms with van der Waals surface area (Å²) in [6.07, 6.45) is 7.93. The van der Waals surface area contributed by atoms with Crippen LogP contribution in [-0.2, 0) is 26.4 Å². The van der Waals surface area contributed by atoms with E-state index in [9.17, 15) is 9.00 Å². The molecule has 1 aromatic carbocycles. The van der Waals surface area contributed by atoms with Crippen LogP contribution < -0.4 is 4.74 Å². The zero-order valence-electron chi connectivity index (χ0n) is 20.6. The average Bonchev–Trinajstić information content (AvgIpc) is 3.47. The molecule has 1 saturated heterocycles. The fourth-order valence-corrected chi connectivity index (χ4v) is 6.57. The second-order valence-electron chi connectivity index (χ2n) is 11.2. The van der Waals surface area contributed by atoms with Crippen molar-refractivity contribution in [3.05, 3.63) is 29.3 Å². The summed E-state index contributed by atoms with van der Waals surface area (Å²) < 4.78 is 26.4. The smallest absolute Gasteiger partial charge is 0.410 e. The summed E-state index contributed by atoms with van der Waals surface area (Å²) in [4.78, 5) is 14.1. The molecule has 1 amide bonds. The van der Waals surface area contributed by atoms with E-state index < -0.39 is 9.74 Å². The Hall–Kier alpha value is -1.17. The number of ether oxygens (including phenoxy) is 2. The minimum Gasteiger partial charge on any atom is -0.494 e. The van der Waals surface area contributed by atoms with Gasteiger partial charge in [-0.15, -0.1) is 0 Å². The number of nitrogens with zero attached hydrogens (tertiary/aromatic N) is 2. The number of hydrogen-bond donors (Lipinski definition) is 1. The highest BCUT2D eigenvalue weighted by atomic mass is 32.8. The second kappa shape index (κ2) is 9.47. The predicted molar refractivity (Wildman–Crippen MR) is 138 cm³/mol. The van der Waals surface area contributed by atoms with Gasteiger partial charge in [0, 0.05) is 37.8 Å². The monoisotopic (exact) mass is 496 g/mol. The van der Waals surface area contributed by atoms with Crippen molar-refractivity contribution in [3.63, 3.8) is 0 Å². The molecule has 8 heteroatoms. The molecule has 2 fully saturated rings. The van der Waals surface area contributed by atoms with Gasteiger partial charge in [0.25, 0.3) is 0 Å². The largest absolute Gasteiger partial charge is 0.494 e. The lowest BCUT2D eigenvalue weighted by atomic mass is 9.79. The third kappa shape index (κ3) is 6.29. The molecular weight excluding hydrogens is 455 g/mol. The van der Waals surface area contributed by atoms with Crippen molar-refractivity contribution in [2.24, 2.45) is 5.92 Å². The normalized spacial score (nSPS) is 23.0. The van der Waals surface area contributed by atoms with Crippen LogP contribution in [0.5, 0.6) is 5.75 Å². The number of piperidine rings is 1. The molecule has 186 valence electrons. The maximum atomic E-state index is 12.6. The van der Waals surface area contributed by atoms with Gasteiger partial charge in [0.15, 0.2) is 0 Å². The molecule has 1 unspecified atom stereocenters. The number of hydrogen-bond acceptors (Lipinski definition) is 4. The van der Waals surface area contributed by atoms with Gasteiger partial charge < -0.3 is 14.4 Å². The van der Waals surface area contributed by atoms with E-state index in [1.807, 2.05) is 24.1 Å². The van der Waals surface area contributed by atoms with E-state index in [-0.39, 0.29) is 17.1 Å². The summed E-state index contributed by atoms with van der Waals surface area (Å²) in [7, 11) is 0.187. The average molecular weight is 497 g/mol. The summed E-state index contributed by atoms with van der Waals surface area (Å²) >= 11 is 0. The van der Waals surface area contributed by atoms with Gasteiger partial charge in [0.1, 0.15) is 11.4 Å². The fraction of sp³-hybridized carbons (Fsp3) is 0.720. The van der Waals surface area contributed by atoms with Gasteiger partial charge in [0.2, 0.25) is 0 Å². The summed E-state index contributed by atoms with van der Waals surface area (Å²) in [5.74, 6) is 1.58. The molecule has 0 spiro atoms. The Morgan fingerprint density at radius 1 is 1.21 bits per heavy atom. The van der Waals surface area contributed by atoms with E-state index in [0.717, 1.165) is 70.5 Å². The van der Waals surface area contributed by atoms with Crippen LogP contribution in [0.25, 0.3) is 0 Å². The van der Waals surface area contributed by atoms with Crippen LogP contribution in [0.2, 0.25) is 0 Å². The van der Waals surface area contributed by atoms with Crippen molar-refractivity contribution in [1.82, 2.24) is 9.21 Å². The Bertz CT molecular complexity index is 919. The highest BCUT2D eigenvalue weighted by Gasteiger charge is 2.43. The molecular formula is C25H41N2O4PS. The molecule has 2 aliphatic heterocycles. The first-order chi connectivity index (χ1) is 15.5. The molecule has 0 N–H and O–H groups in total. The molecule has 33 heavy (non-hydrogen) atoms. The van der Waals surface area contributed by atoms with Crippen molar-refractivity contribution in [3.8, 4) is 5.75 Å². The molecule has 1 atom stereocenters. The topological polar surface area (TPSA) is 59.1 Å². The number of thiol groups is 1. The zero-order chi connectivity index (χ0) is 23.9. The zero-order valence-corrected chi connectivity index (χ0v) is 22.7. The molecule has 4 rings (SSSR count). The number of benzene rings is 1. The van der Waals surface area contributed by atoms with Gasteiger partial charge in [-0.25, -0.2) is 9.10 Å². The van der Waals surface area contributed by atoms with Crippen LogP contribution >= 0.6 is 8.44 Å². The second-order valence-corrected chi connectivity index (χ2v) is 16.5. The van der Waals surface area contributed by atoms with Crippen LogP contribution in [0.1, 0.15) is 70.4 Å². The first-order valence-electron chi connectivity index (χ1n) is 12.3. The van der Waals surface area contributed by atoms with Crippen molar-refractivity contribution < 1.29 is 18.5 Å². The molecule has 1 saturated carbocycles. The molecule has 1 aliphatic carbocycles. The summed E-state index contributed by atoms with van der Waals surface area (Å²) in [6.45, 7) is 10.3. The van der Waals surface area contributed by atoms with Gasteiger partial charge in [0.05, 0.1) is 6.61 Å². The quantitative estimate of drug-likeness (QED) is 0.338. The van der Waals surface area contributed by atoms with Crippen LogP contribution in [0, 0.1) is 5.92 Å². The SMILES string of the molecule is CC1(OC(=O)N2CCC(CCCOc3ccc4c(c3)C(C)(C)CN([SH](C)(=O)P)C4)CC2)CC1. The maximum Gasteiger partial charge on any atom is 0.410 e. The standard InChI is InChI=1S/C25H41N2O4PS/c1-24(2)18-27(33(4,29)32)17-20-7-8-21(16-22(20)24)30-15-5-6-19-9-13-26(14-10-19)23(28)31-25(3)11-12-25/h7-8,16,19,33H,5-6,9-15,17-18,32H2,1-4H3. The van der Waals surface area contributed by atoms with Gasteiger partial charge in [-0.3, -0.25) is 4.21 Å². The van der Waals surface area contributed by atoms with E-state index in [4.69, 9.17) is 9.47 Å². The summed E-state index contributed by atoms with van der Waals surface area (Å²) in [6, 6.07) is 6.36. The molecule has 3 aliphatic rings. The number of fused-ring (bicyclic) bond motifs is 1. The molecule has 1 aromatic rings. The lowest BCUT2D eigenvalue weighted by Crippen LogP contribution is -2.45. The van der Waals surface area contributed by atoms with Crippen molar-refractivity contribution in [2.75, 3.05) is 32.5 Å². The molecule has 0 aromatic heterocycles. The summed E-state index contributed by atoms with van der Waals surface area (Å²) in [5.41, 5.74) is 2.28. The Balaban J connectivity index is 1.21. The first kappa shape index (κ1) is 24.9. The van der Waals surface area contributed by atoms with Crippen molar-refractivity contribution >= 4 is 24.3 Å². The minimum atomic E-state index is -2.35. The Morgan fingerprint density at radius 2 is 1.91 bits per heavy atom. The predicted octanol–water partition coefficient (Wildman–Crippen LogP) is 4.69. The fourth-order valence-electron chi connectivity index (χ4n) is 5.01. The first-order valence-corrected chi connectivity index (χ1v) is 16.0. The van der Waals surface area contributed by atoms with E-state index >= 15 is 0 Å². The number of rotatable bonds is 7. The Kier molecular flexibility index (Phi) is 7.15. The molecule has 0 radical (unpaired) electrons. The number of amides is 1. The van der Waals surface area contributed by atoms with Gasteiger partial charge in [-0.05, 0) is 84.4 Å². The molecule has 0 bridgehead atoms. The van der Waals surface area contributed by atoms with Gasteiger partial charge in [-0.1, -0.05) is 28.4 Å². The Morgan fingerprint density at radius 3 is 2.55 bits per heavy atom. The van der Waals surface area contributed by atoms with Crippen LogP contribution in [0.15, 0.2) is 18.2 Å². The van der Waals surface area contributed by atoms with E-state index in [1.54, 1.807) is 0 Å². The van der Waals surface area contributed by atoms with Crippen LogP contribution in [0.3, 0.4) is 0 Å². The van der Waals surface area contributed by atoms with Gasteiger partial charge in [-0.2, -0.15) is 0 Å². The lowest BCUT2D eigenvalue weighted by molar-refractivity contribution is 0.0482.